The fraction of sp³-hybridized carbons (Fsp3) is 0.841. The largest absolute Gasteiger partial charge is 0.480 e. The number of carbonyl (C=O) groups is 3. The number of hydrogen-bond acceptors (Lipinski definition) is 9. The van der Waals surface area contributed by atoms with E-state index >= 15 is 0 Å². The summed E-state index contributed by atoms with van der Waals surface area (Å²) < 4.78 is 32.7. The summed E-state index contributed by atoms with van der Waals surface area (Å²) in [7, 11) is -4.72. The lowest BCUT2D eigenvalue weighted by atomic mass is 10.1. The summed E-state index contributed by atoms with van der Waals surface area (Å²) in [5.41, 5.74) is 5.33. The van der Waals surface area contributed by atoms with Crippen molar-refractivity contribution < 1.29 is 47.5 Å². The third-order valence-electron chi connectivity index (χ3n) is 9.67. The first-order valence-corrected chi connectivity index (χ1v) is 23.9. The van der Waals surface area contributed by atoms with Gasteiger partial charge in [0.15, 0.2) is 6.10 Å². The molecule has 0 rings (SSSR count). The Morgan fingerprint density at radius 1 is 0.536 bits per heavy atom. The molecule has 0 fully saturated rings. The molecule has 0 aromatic heterocycles. The van der Waals surface area contributed by atoms with Crippen LogP contribution in [0.25, 0.3) is 0 Å². The Morgan fingerprint density at radius 2 is 0.893 bits per heavy atom. The molecule has 0 bridgehead atoms. The highest BCUT2D eigenvalue weighted by molar-refractivity contribution is 7.47. The van der Waals surface area contributed by atoms with Crippen molar-refractivity contribution in [1.29, 1.82) is 0 Å². The number of carbonyl (C=O) groups excluding carboxylic acids is 2. The maximum atomic E-state index is 12.6. The van der Waals surface area contributed by atoms with Crippen molar-refractivity contribution in [1.82, 2.24) is 0 Å². The van der Waals surface area contributed by atoms with Crippen LogP contribution in [-0.2, 0) is 37.5 Å². The SMILES string of the molecule is CCCCCCCC/C=C\CCCCCCCCCC(=O)OC[C@H](COP(=O)(O)OC[C@H](N)C(=O)O)OC(=O)CCCCCCC/C=C\CCCCCCCC. The molecule has 0 amide bonds. The molecular formula is C44H82NO10P. The third-order valence-corrected chi connectivity index (χ3v) is 10.6. The fourth-order valence-corrected chi connectivity index (χ4v) is 6.89. The second-order valence-electron chi connectivity index (χ2n) is 15.2. The van der Waals surface area contributed by atoms with E-state index < -0.39 is 51.1 Å². The highest BCUT2D eigenvalue weighted by Gasteiger charge is 2.28. The van der Waals surface area contributed by atoms with Crippen molar-refractivity contribution in [2.75, 3.05) is 19.8 Å². The molecule has 0 aromatic rings. The summed E-state index contributed by atoms with van der Waals surface area (Å²) in [5.74, 6) is -2.39. The Labute approximate surface area is 340 Å². The molecule has 0 aliphatic heterocycles. The predicted octanol–water partition coefficient (Wildman–Crippen LogP) is 11.8. The van der Waals surface area contributed by atoms with Crippen LogP contribution in [0.15, 0.2) is 24.3 Å². The molecule has 328 valence electrons. The maximum absolute atomic E-state index is 12.6. The molecule has 0 heterocycles. The molecule has 0 spiro atoms. The topological polar surface area (TPSA) is 172 Å². The number of hydrogen-bond donors (Lipinski definition) is 3. The molecule has 0 aliphatic rings. The first kappa shape index (κ1) is 54.0. The first-order valence-electron chi connectivity index (χ1n) is 22.4. The standard InChI is InChI=1S/C44H82NO10P/c1-3-5-7-9-11-13-15-17-19-20-22-23-25-27-29-31-33-35-42(46)52-37-40(38-53-56(50,51)54-39-41(45)44(48)49)55-43(47)36-34-32-30-28-26-24-21-18-16-14-12-10-8-6-4-2/h17-19,21,40-41H,3-16,20,22-39,45H2,1-2H3,(H,48,49)(H,50,51)/b19-17-,21-18-/t40-,41+/m1/s1. The van der Waals surface area contributed by atoms with Gasteiger partial charge < -0.3 is 25.2 Å². The average molecular weight is 816 g/mol. The van der Waals surface area contributed by atoms with Crippen molar-refractivity contribution in [2.24, 2.45) is 5.73 Å². The van der Waals surface area contributed by atoms with E-state index in [9.17, 15) is 23.8 Å². The van der Waals surface area contributed by atoms with Crippen molar-refractivity contribution in [2.45, 2.75) is 219 Å². The minimum Gasteiger partial charge on any atom is -0.480 e. The second-order valence-corrected chi connectivity index (χ2v) is 16.6. The monoisotopic (exact) mass is 816 g/mol. The lowest BCUT2D eigenvalue weighted by Crippen LogP contribution is -2.34. The molecule has 56 heavy (non-hydrogen) atoms. The van der Waals surface area contributed by atoms with Crippen LogP contribution in [0.1, 0.15) is 206 Å². The minimum atomic E-state index is -4.72. The summed E-state index contributed by atoms with van der Waals surface area (Å²) >= 11 is 0. The van der Waals surface area contributed by atoms with E-state index in [-0.39, 0.29) is 19.4 Å². The van der Waals surface area contributed by atoms with E-state index in [1.807, 2.05) is 0 Å². The Balaban J connectivity index is 4.35. The zero-order chi connectivity index (χ0) is 41.4. The zero-order valence-electron chi connectivity index (χ0n) is 35.5. The van der Waals surface area contributed by atoms with Gasteiger partial charge in [-0.2, -0.15) is 0 Å². The van der Waals surface area contributed by atoms with Gasteiger partial charge in [-0.05, 0) is 64.2 Å². The Hall–Kier alpha value is -2.04. The Morgan fingerprint density at radius 3 is 1.30 bits per heavy atom. The first-order chi connectivity index (χ1) is 27.1. The van der Waals surface area contributed by atoms with E-state index in [1.54, 1.807) is 0 Å². The van der Waals surface area contributed by atoms with Gasteiger partial charge in [0.25, 0.3) is 0 Å². The van der Waals surface area contributed by atoms with E-state index in [1.165, 1.54) is 103 Å². The third kappa shape index (κ3) is 38.8. The van der Waals surface area contributed by atoms with Crippen LogP contribution in [0.5, 0.6) is 0 Å². The summed E-state index contributed by atoms with van der Waals surface area (Å²) in [6, 6.07) is -1.52. The number of carboxylic acid groups (broad SMARTS) is 1. The van der Waals surface area contributed by atoms with Gasteiger partial charge in [0.2, 0.25) is 0 Å². The molecule has 1 unspecified atom stereocenters. The number of carboxylic acids is 1. The van der Waals surface area contributed by atoms with Gasteiger partial charge in [-0.1, -0.05) is 154 Å². The number of allylic oxidation sites excluding steroid dienone is 4. The van der Waals surface area contributed by atoms with E-state index in [0.29, 0.717) is 12.8 Å². The molecule has 12 heteroatoms. The molecule has 0 saturated carbocycles. The summed E-state index contributed by atoms with van der Waals surface area (Å²) in [5, 5.41) is 8.89. The van der Waals surface area contributed by atoms with Gasteiger partial charge in [0.1, 0.15) is 12.6 Å². The van der Waals surface area contributed by atoms with Crippen LogP contribution in [0, 0.1) is 0 Å². The summed E-state index contributed by atoms with van der Waals surface area (Å²) in [6.07, 6.45) is 40.9. The number of unbranched alkanes of at least 4 members (excludes halogenated alkanes) is 24. The molecule has 3 atom stereocenters. The second kappa shape index (κ2) is 39.8. The average Bonchev–Trinajstić information content (AvgIpc) is 3.17. The van der Waals surface area contributed by atoms with Gasteiger partial charge in [0.05, 0.1) is 13.2 Å². The smallest absolute Gasteiger partial charge is 0.472 e. The van der Waals surface area contributed by atoms with Crippen molar-refractivity contribution in [3.63, 3.8) is 0 Å². The van der Waals surface area contributed by atoms with E-state index in [0.717, 1.165) is 64.2 Å². The van der Waals surface area contributed by atoms with Crippen molar-refractivity contribution in [3.05, 3.63) is 24.3 Å². The number of aliphatic carboxylic acids is 1. The molecule has 0 radical (unpaired) electrons. The summed E-state index contributed by atoms with van der Waals surface area (Å²) in [4.78, 5) is 46.0. The lowest BCUT2D eigenvalue weighted by Gasteiger charge is -2.20. The van der Waals surface area contributed by atoms with Gasteiger partial charge in [-0.25, -0.2) is 4.57 Å². The number of rotatable bonds is 42. The zero-order valence-corrected chi connectivity index (χ0v) is 36.4. The molecular weight excluding hydrogens is 733 g/mol. The number of phosphoric acid groups is 1. The molecule has 11 nitrogen and oxygen atoms in total. The molecule has 0 aromatic carbocycles. The Kier molecular flexibility index (Phi) is 38.3. The highest BCUT2D eigenvalue weighted by atomic mass is 31.2. The molecule has 0 aliphatic carbocycles. The molecule has 4 N–H and O–H groups in total. The van der Waals surface area contributed by atoms with Gasteiger partial charge >= 0.3 is 25.7 Å². The van der Waals surface area contributed by atoms with E-state index in [4.69, 9.17) is 24.8 Å². The quantitative estimate of drug-likeness (QED) is 0.0232. The number of esters is 2. The van der Waals surface area contributed by atoms with Gasteiger partial charge in [-0.3, -0.25) is 23.4 Å². The van der Waals surface area contributed by atoms with Gasteiger partial charge in [0, 0.05) is 12.8 Å². The maximum Gasteiger partial charge on any atom is 0.472 e. The Bertz CT molecular complexity index is 1050. The van der Waals surface area contributed by atoms with Crippen LogP contribution in [-0.4, -0.2) is 59.9 Å². The number of phosphoric ester groups is 1. The van der Waals surface area contributed by atoms with Crippen LogP contribution >= 0.6 is 7.82 Å². The van der Waals surface area contributed by atoms with Crippen LogP contribution < -0.4 is 5.73 Å². The number of nitrogens with two attached hydrogens (primary N) is 1. The van der Waals surface area contributed by atoms with Crippen molar-refractivity contribution in [3.8, 4) is 0 Å². The van der Waals surface area contributed by atoms with Crippen LogP contribution in [0.2, 0.25) is 0 Å². The normalized spacial score (nSPS) is 13.9. The molecule has 0 saturated heterocycles. The lowest BCUT2D eigenvalue weighted by molar-refractivity contribution is -0.161. The van der Waals surface area contributed by atoms with Gasteiger partial charge in [-0.15, -0.1) is 0 Å². The fourth-order valence-electron chi connectivity index (χ4n) is 6.11. The van der Waals surface area contributed by atoms with Crippen LogP contribution in [0.3, 0.4) is 0 Å². The van der Waals surface area contributed by atoms with Crippen molar-refractivity contribution >= 4 is 25.7 Å². The summed E-state index contributed by atoms with van der Waals surface area (Å²) in [6.45, 7) is 2.79. The predicted molar refractivity (Wildman–Crippen MR) is 226 cm³/mol. The van der Waals surface area contributed by atoms with E-state index in [2.05, 4.69) is 42.7 Å². The highest BCUT2D eigenvalue weighted by Crippen LogP contribution is 2.43. The number of ether oxygens (including phenoxy) is 2. The minimum absolute atomic E-state index is 0.152. The van der Waals surface area contributed by atoms with Crippen LogP contribution in [0.4, 0.5) is 0 Å².